The van der Waals surface area contributed by atoms with Gasteiger partial charge in [0.2, 0.25) is 15.9 Å². The van der Waals surface area contributed by atoms with E-state index in [1.165, 1.54) is 27.3 Å². The summed E-state index contributed by atoms with van der Waals surface area (Å²) in [6.07, 6.45) is 0.589. The van der Waals surface area contributed by atoms with Crippen LogP contribution >= 0.6 is 0 Å². The highest BCUT2D eigenvalue weighted by Gasteiger charge is 2.19. The minimum Gasteiger partial charge on any atom is -0.496 e. The number of rotatable bonds is 7. The highest BCUT2D eigenvalue weighted by Crippen LogP contribution is 2.25. The van der Waals surface area contributed by atoms with Crippen LogP contribution in [-0.4, -0.2) is 39.8 Å². The molecular formula is C20H26N2O4S. The SMILES string of the molecule is COc1ccc(S(=O)(=O)N(C)C)cc1CCC(=O)Nc1cc(C)cc(C)c1. The van der Waals surface area contributed by atoms with E-state index < -0.39 is 10.0 Å². The molecule has 1 amide bonds. The van der Waals surface area contributed by atoms with Crippen LogP contribution in [-0.2, 0) is 21.2 Å². The largest absolute Gasteiger partial charge is 0.496 e. The molecule has 0 fully saturated rings. The van der Waals surface area contributed by atoms with Crippen molar-refractivity contribution in [2.75, 3.05) is 26.5 Å². The zero-order valence-corrected chi connectivity index (χ0v) is 17.2. The first-order valence-corrected chi connectivity index (χ1v) is 10.0. The Bertz CT molecular complexity index is 917. The molecule has 0 unspecified atom stereocenters. The second-order valence-corrected chi connectivity index (χ2v) is 8.84. The van der Waals surface area contributed by atoms with Gasteiger partial charge in [-0.15, -0.1) is 0 Å². The minimum atomic E-state index is -3.54. The molecule has 146 valence electrons. The van der Waals surface area contributed by atoms with Gasteiger partial charge in [0, 0.05) is 26.2 Å². The minimum absolute atomic E-state index is 0.136. The lowest BCUT2D eigenvalue weighted by molar-refractivity contribution is -0.116. The maximum atomic E-state index is 12.3. The molecule has 0 aliphatic rings. The standard InChI is InChI=1S/C20H26N2O4S/c1-14-10-15(2)12-17(11-14)21-20(23)9-6-16-13-18(7-8-19(16)26-5)27(24,25)22(3)4/h7-8,10-13H,6,9H2,1-5H3,(H,21,23). The summed E-state index contributed by atoms with van der Waals surface area (Å²) in [5.74, 6) is 0.426. The number of benzene rings is 2. The Morgan fingerprint density at radius 2 is 1.70 bits per heavy atom. The molecule has 0 heterocycles. The first-order valence-electron chi connectivity index (χ1n) is 8.61. The number of ether oxygens (including phenoxy) is 1. The number of carbonyl (C=O) groups excluding carboxylic acids is 1. The van der Waals surface area contributed by atoms with Crippen molar-refractivity contribution in [1.82, 2.24) is 4.31 Å². The van der Waals surface area contributed by atoms with Crippen LogP contribution < -0.4 is 10.1 Å². The molecule has 2 aromatic carbocycles. The van der Waals surface area contributed by atoms with E-state index in [9.17, 15) is 13.2 Å². The van der Waals surface area contributed by atoms with Gasteiger partial charge in [-0.25, -0.2) is 12.7 Å². The maximum Gasteiger partial charge on any atom is 0.242 e. The van der Waals surface area contributed by atoms with Crippen molar-refractivity contribution in [2.45, 2.75) is 31.6 Å². The second-order valence-electron chi connectivity index (χ2n) is 6.69. The summed E-state index contributed by atoms with van der Waals surface area (Å²) in [6, 6.07) is 10.6. The third-order valence-corrected chi connectivity index (χ3v) is 5.97. The second kappa shape index (κ2) is 8.54. The molecule has 2 rings (SSSR count). The Balaban J connectivity index is 2.15. The lowest BCUT2D eigenvalue weighted by Crippen LogP contribution is -2.22. The predicted molar refractivity (Wildman–Crippen MR) is 107 cm³/mol. The number of anilines is 1. The summed E-state index contributed by atoms with van der Waals surface area (Å²) >= 11 is 0. The Hall–Kier alpha value is -2.38. The number of hydrogen-bond donors (Lipinski definition) is 1. The fourth-order valence-electron chi connectivity index (χ4n) is 2.84. The Labute approximate surface area is 161 Å². The van der Waals surface area contributed by atoms with Crippen molar-refractivity contribution in [3.05, 3.63) is 53.1 Å². The lowest BCUT2D eigenvalue weighted by Gasteiger charge is -2.14. The number of aryl methyl sites for hydroxylation is 3. The number of hydrogen-bond acceptors (Lipinski definition) is 4. The Morgan fingerprint density at radius 1 is 1.07 bits per heavy atom. The van der Waals surface area contributed by atoms with E-state index in [-0.39, 0.29) is 17.2 Å². The molecule has 0 saturated carbocycles. The number of methoxy groups -OCH3 is 1. The van der Waals surface area contributed by atoms with Crippen LogP contribution in [0.4, 0.5) is 5.69 Å². The zero-order valence-electron chi connectivity index (χ0n) is 16.4. The Kier molecular flexibility index (Phi) is 6.62. The molecule has 2 aromatic rings. The van der Waals surface area contributed by atoms with Crippen LogP contribution in [0.2, 0.25) is 0 Å². The van der Waals surface area contributed by atoms with Gasteiger partial charge in [-0.1, -0.05) is 6.07 Å². The molecule has 6 nitrogen and oxygen atoms in total. The van der Waals surface area contributed by atoms with E-state index in [2.05, 4.69) is 5.32 Å². The average Bonchev–Trinajstić information content (AvgIpc) is 2.58. The van der Waals surface area contributed by atoms with Gasteiger partial charge in [-0.2, -0.15) is 0 Å². The normalized spacial score (nSPS) is 11.5. The van der Waals surface area contributed by atoms with Gasteiger partial charge < -0.3 is 10.1 Å². The highest BCUT2D eigenvalue weighted by atomic mass is 32.2. The number of nitrogens with one attached hydrogen (secondary N) is 1. The quantitative estimate of drug-likeness (QED) is 0.788. The fourth-order valence-corrected chi connectivity index (χ4v) is 3.79. The van der Waals surface area contributed by atoms with Gasteiger partial charge in [0.05, 0.1) is 12.0 Å². The van der Waals surface area contributed by atoms with Crippen molar-refractivity contribution in [3.63, 3.8) is 0 Å². The predicted octanol–water partition coefficient (Wildman–Crippen LogP) is 3.13. The van der Waals surface area contributed by atoms with Crippen molar-refractivity contribution in [1.29, 1.82) is 0 Å². The molecule has 0 aromatic heterocycles. The molecule has 0 bridgehead atoms. The van der Waals surface area contributed by atoms with Crippen LogP contribution in [0.25, 0.3) is 0 Å². The van der Waals surface area contributed by atoms with Crippen molar-refractivity contribution < 1.29 is 17.9 Å². The van der Waals surface area contributed by atoms with E-state index >= 15 is 0 Å². The zero-order chi connectivity index (χ0) is 20.2. The van der Waals surface area contributed by atoms with Crippen LogP contribution in [0, 0.1) is 13.8 Å². The van der Waals surface area contributed by atoms with E-state index in [0.717, 1.165) is 21.1 Å². The number of carbonyl (C=O) groups is 1. The van der Waals surface area contributed by atoms with Crippen LogP contribution in [0.15, 0.2) is 41.3 Å². The average molecular weight is 391 g/mol. The van der Waals surface area contributed by atoms with Gasteiger partial charge >= 0.3 is 0 Å². The third-order valence-electron chi connectivity index (χ3n) is 4.16. The molecule has 7 heteroatoms. The van der Waals surface area contributed by atoms with Crippen LogP contribution in [0.5, 0.6) is 5.75 Å². The summed E-state index contributed by atoms with van der Waals surface area (Å²) in [5, 5.41) is 2.89. The molecule has 1 N–H and O–H groups in total. The first kappa shape index (κ1) is 20.9. The smallest absolute Gasteiger partial charge is 0.242 e. The van der Waals surface area contributed by atoms with Gasteiger partial charge in [0.1, 0.15) is 5.75 Å². The van der Waals surface area contributed by atoms with Gasteiger partial charge in [-0.05, 0) is 67.3 Å². The van der Waals surface area contributed by atoms with Gasteiger partial charge in [0.15, 0.2) is 0 Å². The molecule has 0 spiro atoms. The summed E-state index contributed by atoms with van der Waals surface area (Å²) < 4.78 is 31.1. The van der Waals surface area contributed by atoms with Gasteiger partial charge in [-0.3, -0.25) is 4.79 Å². The molecular weight excluding hydrogens is 364 g/mol. The van der Waals surface area contributed by atoms with Crippen LogP contribution in [0.3, 0.4) is 0 Å². The monoisotopic (exact) mass is 390 g/mol. The molecule has 0 aliphatic carbocycles. The maximum absolute atomic E-state index is 12.3. The molecule has 0 aliphatic heterocycles. The lowest BCUT2D eigenvalue weighted by atomic mass is 10.1. The molecule has 27 heavy (non-hydrogen) atoms. The summed E-state index contributed by atoms with van der Waals surface area (Å²) in [7, 11) is 0.944. The van der Waals surface area contributed by atoms with E-state index in [1.54, 1.807) is 12.1 Å². The molecule has 0 saturated heterocycles. The Morgan fingerprint density at radius 3 is 2.26 bits per heavy atom. The van der Waals surface area contributed by atoms with Crippen molar-refractivity contribution in [3.8, 4) is 5.75 Å². The first-order chi connectivity index (χ1) is 12.6. The molecule has 0 radical (unpaired) electrons. The van der Waals surface area contributed by atoms with Gasteiger partial charge in [0.25, 0.3) is 0 Å². The van der Waals surface area contributed by atoms with Crippen molar-refractivity contribution in [2.24, 2.45) is 0 Å². The summed E-state index contributed by atoms with van der Waals surface area (Å²) in [6.45, 7) is 3.95. The van der Waals surface area contributed by atoms with Crippen molar-refractivity contribution >= 4 is 21.6 Å². The summed E-state index contributed by atoms with van der Waals surface area (Å²) in [4.78, 5) is 12.5. The van der Waals surface area contributed by atoms with Crippen LogP contribution in [0.1, 0.15) is 23.1 Å². The third kappa shape index (κ3) is 5.30. The highest BCUT2D eigenvalue weighted by molar-refractivity contribution is 7.89. The van der Waals surface area contributed by atoms with E-state index in [1.807, 2.05) is 32.0 Å². The number of nitrogens with zero attached hydrogens (tertiary/aromatic N) is 1. The van der Waals surface area contributed by atoms with E-state index in [4.69, 9.17) is 4.74 Å². The number of amides is 1. The fraction of sp³-hybridized carbons (Fsp3) is 0.350. The topological polar surface area (TPSA) is 75.7 Å². The summed E-state index contributed by atoms with van der Waals surface area (Å²) in [5.41, 5.74) is 3.59. The molecule has 0 atom stereocenters. The van der Waals surface area contributed by atoms with E-state index in [0.29, 0.717) is 17.7 Å². The number of sulfonamides is 1.